The molecule has 0 fully saturated rings. The lowest BCUT2D eigenvalue weighted by molar-refractivity contribution is 0.596. The highest BCUT2D eigenvalue weighted by atomic mass is 32.2. The van der Waals surface area contributed by atoms with Gasteiger partial charge in [0.15, 0.2) is 9.84 Å². The van der Waals surface area contributed by atoms with Gasteiger partial charge in [-0.2, -0.15) is 0 Å². The van der Waals surface area contributed by atoms with Gasteiger partial charge in [0, 0.05) is 30.8 Å². The monoisotopic (exact) mass is 269 g/mol. The number of nitrogens with zero attached hydrogens (tertiary/aromatic N) is 2. The van der Waals surface area contributed by atoms with Crippen molar-refractivity contribution >= 4 is 9.84 Å². The summed E-state index contributed by atoms with van der Waals surface area (Å²) < 4.78 is 23.3. The van der Waals surface area contributed by atoms with Crippen LogP contribution in [0.15, 0.2) is 0 Å². The summed E-state index contributed by atoms with van der Waals surface area (Å²) in [6.45, 7) is 2.78. The van der Waals surface area contributed by atoms with Crippen molar-refractivity contribution in [2.45, 2.75) is 26.2 Å². The molecule has 100 valence electrons. The Labute approximate surface area is 108 Å². The van der Waals surface area contributed by atoms with E-state index in [2.05, 4.69) is 15.3 Å². The van der Waals surface area contributed by atoms with E-state index >= 15 is 0 Å². The van der Waals surface area contributed by atoms with Gasteiger partial charge in [-0.05, 0) is 26.0 Å². The molecule has 1 aliphatic heterocycles. The Kier molecular flexibility index (Phi) is 3.97. The highest BCUT2D eigenvalue weighted by Crippen LogP contribution is 2.18. The lowest BCUT2D eigenvalue weighted by Gasteiger charge is -2.10. The van der Waals surface area contributed by atoms with Crippen LogP contribution in [0.4, 0.5) is 0 Å². The summed E-state index contributed by atoms with van der Waals surface area (Å²) in [6.07, 6.45) is 1.85. The van der Waals surface area contributed by atoms with Gasteiger partial charge in [-0.25, -0.2) is 18.4 Å². The van der Waals surface area contributed by atoms with Crippen molar-refractivity contribution in [1.82, 2.24) is 15.3 Å². The van der Waals surface area contributed by atoms with Crippen LogP contribution >= 0.6 is 0 Å². The average molecular weight is 269 g/mol. The Bertz CT molecular complexity index is 540. The largest absolute Gasteiger partial charge is 0.319 e. The lowest BCUT2D eigenvalue weighted by Crippen LogP contribution is -2.15. The van der Waals surface area contributed by atoms with Crippen molar-refractivity contribution in [2.24, 2.45) is 0 Å². The molecule has 0 atom stereocenters. The minimum absolute atomic E-state index is 0.210. The summed E-state index contributed by atoms with van der Waals surface area (Å²) in [5.74, 6) is 1.24. The van der Waals surface area contributed by atoms with Crippen molar-refractivity contribution in [3.63, 3.8) is 0 Å². The second-order valence-corrected chi connectivity index (χ2v) is 6.96. The van der Waals surface area contributed by atoms with E-state index in [9.17, 15) is 8.42 Å². The van der Waals surface area contributed by atoms with Crippen molar-refractivity contribution in [2.75, 3.05) is 25.1 Å². The van der Waals surface area contributed by atoms with Crippen molar-refractivity contribution in [3.05, 3.63) is 22.8 Å². The molecule has 0 unspecified atom stereocenters. The number of rotatable bonds is 3. The number of nitrogens with one attached hydrogen (secondary N) is 1. The summed E-state index contributed by atoms with van der Waals surface area (Å²) >= 11 is 0. The first-order chi connectivity index (χ1) is 8.52. The molecule has 0 amide bonds. The predicted octanol–water partition coefficient (Wildman–Crippen LogP) is 0.0603. The third kappa shape index (κ3) is 3.05. The molecule has 2 heterocycles. The first-order valence-corrected chi connectivity index (χ1v) is 8.04. The standard InChI is InChI=1S/C12H19N3O2S/c1-9-10-4-7-18(16,17)8-5-11(10)15-12(14-9)3-6-13-2/h13H,3-8H2,1-2H3. The lowest BCUT2D eigenvalue weighted by atomic mass is 10.1. The molecule has 0 spiro atoms. The van der Waals surface area contributed by atoms with Crippen LogP contribution in [0.1, 0.15) is 22.8 Å². The Morgan fingerprint density at radius 3 is 2.67 bits per heavy atom. The van der Waals surface area contributed by atoms with Gasteiger partial charge in [-0.1, -0.05) is 0 Å². The molecule has 18 heavy (non-hydrogen) atoms. The van der Waals surface area contributed by atoms with Crippen LogP contribution in [0.3, 0.4) is 0 Å². The van der Waals surface area contributed by atoms with Crippen LogP contribution in [-0.2, 0) is 29.1 Å². The Balaban J connectivity index is 2.31. The van der Waals surface area contributed by atoms with Gasteiger partial charge < -0.3 is 5.32 Å². The molecule has 0 radical (unpaired) electrons. The van der Waals surface area contributed by atoms with E-state index in [1.807, 2.05) is 14.0 Å². The molecule has 0 aliphatic carbocycles. The molecular weight excluding hydrogens is 250 g/mol. The zero-order valence-electron chi connectivity index (χ0n) is 10.9. The number of sulfone groups is 1. The second-order valence-electron chi connectivity index (χ2n) is 4.66. The molecule has 1 aromatic heterocycles. The Hall–Kier alpha value is -1.01. The fourth-order valence-corrected chi connectivity index (χ4v) is 3.43. The smallest absolute Gasteiger partial charge is 0.151 e. The fraction of sp³-hybridized carbons (Fsp3) is 0.667. The average Bonchev–Trinajstić information content (AvgIpc) is 2.46. The summed E-state index contributed by atoms with van der Waals surface area (Å²) in [7, 11) is -1.02. The van der Waals surface area contributed by atoms with Gasteiger partial charge in [0.1, 0.15) is 5.82 Å². The van der Waals surface area contributed by atoms with Crippen LogP contribution in [0.25, 0.3) is 0 Å². The number of hydrogen-bond acceptors (Lipinski definition) is 5. The highest BCUT2D eigenvalue weighted by Gasteiger charge is 2.21. The number of aryl methyl sites for hydroxylation is 2. The van der Waals surface area contributed by atoms with Crippen molar-refractivity contribution < 1.29 is 8.42 Å². The molecule has 6 heteroatoms. The molecule has 0 aromatic carbocycles. The van der Waals surface area contributed by atoms with Crippen LogP contribution in [-0.4, -0.2) is 43.5 Å². The van der Waals surface area contributed by atoms with Crippen LogP contribution in [0.5, 0.6) is 0 Å². The Morgan fingerprint density at radius 2 is 1.94 bits per heavy atom. The molecule has 2 rings (SSSR count). The van der Waals surface area contributed by atoms with Gasteiger partial charge in [0.25, 0.3) is 0 Å². The van der Waals surface area contributed by atoms with Gasteiger partial charge in [0.2, 0.25) is 0 Å². The Morgan fingerprint density at radius 1 is 1.22 bits per heavy atom. The van der Waals surface area contributed by atoms with E-state index < -0.39 is 9.84 Å². The van der Waals surface area contributed by atoms with Crippen molar-refractivity contribution in [1.29, 1.82) is 0 Å². The predicted molar refractivity (Wildman–Crippen MR) is 70.5 cm³/mol. The maximum atomic E-state index is 11.6. The van der Waals surface area contributed by atoms with E-state index in [4.69, 9.17) is 0 Å². The quantitative estimate of drug-likeness (QED) is 0.840. The van der Waals surface area contributed by atoms with E-state index in [-0.39, 0.29) is 11.5 Å². The van der Waals surface area contributed by atoms with E-state index in [1.165, 1.54) is 0 Å². The van der Waals surface area contributed by atoms with Crippen LogP contribution in [0.2, 0.25) is 0 Å². The fourth-order valence-electron chi connectivity index (χ4n) is 2.21. The molecule has 1 aromatic rings. The second kappa shape index (κ2) is 5.32. The minimum Gasteiger partial charge on any atom is -0.319 e. The minimum atomic E-state index is -2.91. The van der Waals surface area contributed by atoms with Crippen LogP contribution < -0.4 is 5.32 Å². The highest BCUT2D eigenvalue weighted by molar-refractivity contribution is 7.91. The zero-order chi connectivity index (χ0) is 13.2. The van der Waals surface area contributed by atoms with E-state index in [1.54, 1.807) is 0 Å². The molecule has 0 saturated heterocycles. The molecule has 5 nitrogen and oxygen atoms in total. The van der Waals surface area contributed by atoms with Gasteiger partial charge >= 0.3 is 0 Å². The van der Waals surface area contributed by atoms with Crippen LogP contribution in [0, 0.1) is 6.92 Å². The first-order valence-electron chi connectivity index (χ1n) is 6.22. The summed E-state index contributed by atoms with van der Waals surface area (Å²) in [5, 5.41) is 3.07. The molecule has 1 aliphatic rings. The van der Waals surface area contributed by atoms with Gasteiger partial charge in [-0.3, -0.25) is 0 Å². The summed E-state index contributed by atoms with van der Waals surface area (Å²) in [4.78, 5) is 8.99. The molecular formula is C12H19N3O2S. The number of likely N-dealkylation sites (N-methyl/N-ethyl adjacent to an activating group) is 1. The zero-order valence-corrected chi connectivity index (χ0v) is 11.7. The summed E-state index contributed by atoms with van der Waals surface area (Å²) in [5.41, 5.74) is 2.89. The van der Waals surface area contributed by atoms with Gasteiger partial charge in [-0.15, -0.1) is 0 Å². The maximum absolute atomic E-state index is 11.6. The normalized spacial score (nSPS) is 18.1. The third-order valence-corrected chi connectivity index (χ3v) is 4.91. The number of aromatic nitrogens is 2. The third-order valence-electron chi connectivity index (χ3n) is 3.26. The first kappa shape index (κ1) is 13.4. The number of fused-ring (bicyclic) bond motifs is 1. The number of hydrogen-bond donors (Lipinski definition) is 1. The molecule has 0 bridgehead atoms. The van der Waals surface area contributed by atoms with Gasteiger partial charge in [0.05, 0.1) is 11.5 Å². The SMILES string of the molecule is CNCCc1nc(C)c2c(n1)CCS(=O)(=O)CC2. The van der Waals surface area contributed by atoms with E-state index in [0.29, 0.717) is 12.8 Å². The van der Waals surface area contributed by atoms with Crippen molar-refractivity contribution in [3.8, 4) is 0 Å². The molecule has 0 saturated carbocycles. The molecule has 1 N–H and O–H groups in total. The topological polar surface area (TPSA) is 72.0 Å². The summed E-state index contributed by atoms with van der Waals surface area (Å²) in [6, 6.07) is 0. The maximum Gasteiger partial charge on any atom is 0.151 e. The van der Waals surface area contributed by atoms with E-state index in [0.717, 1.165) is 35.7 Å².